The zero-order valence-corrected chi connectivity index (χ0v) is 15.0. The van der Waals surface area contributed by atoms with Crippen molar-refractivity contribution in [3.63, 3.8) is 0 Å². The van der Waals surface area contributed by atoms with E-state index in [1.54, 1.807) is 0 Å². The lowest BCUT2D eigenvalue weighted by Gasteiger charge is -2.12. The Bertz CT molecular complexity index is 985. The summed E-state index contributed by atoms with van der Waals surface area (Å²) in [6.45, 7) is 2.22. The lowest BCUT2D eigenvalue weighted by molar-refractivity contribution is 0.847. The molecular weight excluding hydrogens is 316 g/mol. The summed E-state index contributed by atoms with van der Waals surface area (Å²) in [6.07, 6.45) is 2.16. The Morgan fingerprint density at radius 2 is 1.35 bits per heavy atom. The predicted molar refractivity (Wildman–Crippen MR) is 108 cm³/mol. The molecule has 4 aromatic rings. The fourth-order valence-corrected chi connectivity index (χ4v) is 3.33. The van der Waals surface area contributed by atoms with Gasteiger partial charge in [0.25, 0.3) is 0 Å². The first-order chi connectivity index (χ1) is 12.9. The van der Waals surface area contributed by atoms with Crippen molar-refractivity contribution < 1.29 is 0 Å². The highest BCUT2D eigenvalue weighted by atomic mass is 15.3. The number of aromatic nitrogens is 2. The van der Waals surface area contributed by atoms with Crippen LogP contribution in [0.4, 0.5) is 0 Å². The number of nitrogens with zero attached hydrogens (tertiary/aromatic N) is 2. The summed E-state index contributed by atoms with van der Waals surface area (Å²) in [4.78, 5) is 0. The minimum Gasteiger partial charge on any atom is -0.232 e. The zero-order chi connectivity index (χ0) is 17.8. The second-order valence-corrected chi connectivity index (χ2v) is 6.44. The molecule has 0 saturated carbocycles. The summed E-state index contributed by atoms with van der Waals surface area (Å²) in [6, 6.07) is 31.6. The van der Waals surface area contributed by atoms with Crippen LogP contribution >= 0.6 is 0 Å². The Morgan fingerprint density at radius 3 is 2.04 bits per heavy atom. The molecule has 0 bridgehead atoms. The van der Waals surface area contributed by atoms with Gasteiger partial charge in [-0.05, 0) is 24.1 Å². The highest BCUT2D eigenvalue weighted by Gasteiger charge is 2.14. The lowest BCUT2D eigenvalue weighted by atomic mass is 10.1. The van der Waals surface area contributed by atoms with Gasteiger partial charge in [-0.3, -0.25) is 0 Å². The van der Waals surface area contributed by atoms with Crippen molar-refractivity contribution in [3.8, 4) is 28.2 Å². The molecule has 1 aromatic heterocycles. The molecule has 2 nitrogen and oxygen atoms in total. The van der Waals surface area contributed by atoms with Crippen molar-refractivity contribution in [2.75, 3.05) is 0 Å². The van der Waals surface area contributed by atoms with Gasteiger partial charge in [0.15, 0.2) is 0 Å². The Morgan fingerprint density at radius 1 is 0.731 bits per heavy atom. The number of rotatable bonds is 5. The van der Waals surface area contributed by atoms with E-state index in [1.165, 1.54) is 11.1 Å². The van der Waals surface area contributed by atoms with Gasteiger partial charge in [0.2, 0.25) is 0 Å². The smallest absolute Gasteiger partial charge is 0.0934 e. The number of benzene rings is 3. The maximum Gasteiger partial charge on any atom is 0.0934 e. The quantitative estimate of drug-likeness (QED) is 0.426. The summed E-state index contributed by atoms with van der Waals surface area (Å²) in [5, 5.41) is 4.99. The topological polar surface area (TPSA) is 17.8 Å². The summed E-state index contributed by atoms with van der Waals surface area (Å²) in [5.41, 5.74) is 6.92. The maximum absolute atomic E-state index is 4.99. The van der Waals surface area contributed by atoms with Crippen LogP contribution in [0.1, 0.15) is 18.9 Å². The van der Waals surface area contributed by atoms with Gasteiger partial charge in [-0.25, -0.2) is 4.68 Å². The van der Waals surface area contributed by atoms with E-state index in [4.69, 9.17) is 5.10 Å². The van der Waals surface area contributed by atoms with Crippen LogP contribution in [0.3, 0.4) is 0 Å². The van der Waals surface area contributed by atoms with Crippen LogP contribution in [0, 0.1) is 0 Å². The zero-order valence-electron chi connectivity index (χ0n) is 15.0. The minimum absolute atomic E-state index is 0.996. The van der Waals surface area contributed by atoms with Crippen LogP contribution in [0.2, 0.25) is 0 Å². The van der Waals surface area contributed by atoms with Gasteiger partial charge in [-0.2, -0.15) is 5.10 Å². The molecule has 0 saturated heterocycles. The second kappa shape index (κ2) is 7.40. The van der Waals surface area contributed by atoms with Crippen molar-refractivity contribution in [1.29, 1.82) is 0 Å². The summed E-state index contributed by atoms with van der Waals surface area (Å²) in [5.74, 6) is 0. The van der Waals surface area contributed by atoms with E-state index in [0.717, 1.165) is 35.5 Å². The van der Waals surface area contributed by atoms with E-state index in [1.807, 2.05) is 12.1 Å². The molecule has 0 fully saturated rings. The molecule has 0 amide bonds. The molecule has 1 heterocycles. The number of hydrogen-bond donors (Lipinski definition) is 0. The Labute approximate surface area is 154 Å². The highest BCUT2D eigenvalue weighted by Crippen LogP contribution is 2.30. The molecule has 0 aliphatic carbocycles. The molecule has 0 radical (unpaired) electrons. The third-order valence-corrected chi connectivity index (χ3v) is 4.59. The first kappa shape index (κ1) is 16.3. The molecule has 0 N–H and O–H groups in total. The highest BCUT2D eigenvalue weighted by molar-refractivity contribution is 5.70. The van der Waals surface area contributed by atoms with E-state index < -0.39 is 0 Å². The first-order valence-corrected chi connectivity index (χ1v) is 9.16. The van der Waals surface area contributed by atoms with Crippen molar-refractivity contribution >= 4 is 0 Å². The van der Waals surface area contributed by atoms with Crippen LogP contribution in [0.5, 0.6) is 0 Å². The maximum atomic E-state index is 4.99. The molecule has 2 heteroatoms. The van der Waals surface area contributed by atoms with Gasteiger partial charge < -0.3 is 0 Å². The van der Waals surface area contributed by atoms with Crippen molar-refractivity contribution in [2.45, 2.75) is 19.8 Å². The molecule has 0 aliphatic rings. The predicted octanol–water partition coefficient (Wildman–Crippen LogP) is 6.16. The minimum atomic E-state index is 0.996. The van der Waals surface area contributed by atoms with Crippen LogP contribution in [-0.4, -0.2) is 9.78 Å². The Balaban J connectivity index is 1.92. The van der Waals surface area contributed by atoms with E-state index in [-0.39, 0.29) is 0 Å². The molecule has 0 spiro atoms. The normalized spacial score (nSPS) is 10.8. The van der Waals surface area contributed by atoms with E-state index in [2.05, 4.69) is 90.5 Å². The van der Waals surface area contributed by atoms with Gasteiger partial charge in [0.1, 0.15) is 0 Å². The van der Waals surface area contributed by atoms with Crippen molar-refractivity contribution in [3.05, 3.63) is 96.6 Å². The first-order valence-electron chi connectivity index (χ1n) is 9.16. The third-order valence-electron chi connectivity index (χ3n) is 4.59. The number of aryl methyl sites for hydroxylation is 1. The summed E-state index contributed by atoms with van der Waals surface area (Å²) < 4.78 is 2.10. The molecule has 26 heavy (non-hydrogen) atoms. The monoisotopic (exact) mass is 338 g/mol. The molecule has 4 rings (SSSR count). The molecule has 0 atom stereocenters. The fraction of sp³-hybridized carbons (Fsp3) is 0.125. The molecule has 0 unspecified atom stereocenters. The van der Waals surface area contributed by atoms with Crippen LogP contribution in [-0.2, 0) is 6.42 Å². The van der Waals surface area contributed by atoms with Crippen molar-refractivity contribution in [2.24, 2.45) is 0 Å². The molecule has 3 aromatic carbocycles. The molecular formula is C24H22N2. The Hall–Kier alpha value is -3.13. The van der Waals surface area contributed by atoms with Crippen LogP contribution < -0.4 is 0 Å². The van der Waals surface area contributed by atoms with Gasteiger partial charge in [0.05, 0.1) is 17.1 Å². The molecule has 128 valence electrons. The lowest BCUT2D eigenvalue weighted by Crippen LogP contribution is -2.03. The van der Waals surface area contributed by atoms with Crippen molar-refractivity contribution in [1.82, 2.24) is 9.78 Å². The van der Waals surface area contributed by atoms with Gasteiger partial charge >= 0.3 is 0 Å². The van der Waals surface area contributed by atoms with Crippen LogP contribution in [0.15, 0.2) is 91.0 Å². The van der Waals surface area contributed by atoms with E-state index >= 15 is 0 Å². The summed E-state index contributed by atoms with van der Waals surface area (Å²) in [7, 11) is 0. The third kappa shape index (κ3) is 3.18. The molecule has 0 aliphatic heterocycles. The second-order valence-electron chi connectivity index (χ2n) is 6.44. The SMILES string of the molecule is CCCc1ccccc1-n1nc(-c2ccccc2)cc1-c1ccccc1. The van der Waals surface area contributed by atoms with E-state index in [9.17, 15) is 0 Å². The van der Waals surface area contributed by atoms with Gasteiger partial charge in [-0.15, -0.1) is 0 Å². The average Bonchev–Trinajstić information content (AvgIpc) is 3.15. The fourth-order valence-electron chi connectivity index (χ4n) is 3.33. The van der Waals surface area contributed by atoms with Gasteiger partial charge in [0, 0.05) is 11.1 Å². The van der Waals surface area contributed by atoms with Gasteiger partial charge in [-0.1, -0.05) is 92.2 Å². The average molecular weight is 338 g/mol. The number of hydrogen-bond acceptors (Lipinski definition) is 1. The largest absolute Gasteiger partial charge is 0.232 e. The Kier molecular flexibility index (Phi) is 4.65. The van der Waals surface area contributed by atoms with E-state index in [0.29, 0.717) is 0 Å². The standard InChI is InChI=1S/C24H22N2/c1-2-11-20-16-9-10-17-23(20)26-24(21-14-7-4-8-15-21)18-22(25-26)19-12-5-3-6-13-19/h3-10,12-18H,2,11H2,1H3. The van der Waals surface area contributed by atoms with Crippen LogP contribution in [0.25, 0.3) is 28.2 Å². The number of para-hydroxylation sites is 1. The summed E-state index contributed by atoms with van der Waals surface area (Å²) >= 11 is 0.